The Morgan fingerprint density at radius 1 is 1.07 bits per heavy atom. The average molecular weight is 208 g/mol. The van der Waals surface area contributed by atoms with E-state index in [-0.39, 0.29) is 6.42 Å². The van der Waals surface area contributed by atoms with Crippen LogP contribution < -0.4 is 0 Å². The SMILES string of the molecule is CCCC(O)(O)OC(OCC)OCC. The maximum Gasteiger partial charge on any atom is 0.281 e. The summed E-state index contributed by atoms with van der Waals surface area (Å²) < 4.78 is 14.8. The van der Waals surface area contributed by atoms with Crippen LogP contribution in [0.5, 0.6) is 0 Å². The number of ether oxygens (including phenoxy) is 3. The first-order valence-corrected chi connectivity index (χ1v) is 4.91. The standard InChI is InChI=1S/C9H20O5/c1-4-7-9(10,11)14-8(12-5-2)13-6-3/h8,10-11H,4-7H2,1-3H3. The lowest BCUT2D eigenvalue weighted by atomic mass is 10.3. The van der Waals surface area contributed by atoms with E-state index in [2.05, 4.69) is 0 Å². The van der Waals surface area contributed by atoms with Crippen molar-refractivity contribution in [1.82, 2.24) is 0 Å². The molecule has 5 heteroatoms. The average Bonchev–Trinajstić information content (AvgIpc) is 2.03. The van der Waals surface area contributed by atoms with Crippen molar-refractivity contribution in [3.8, 4) is 0 Å². The molecule has 14 heavy (non-hydrogen) atoms. The van der Waals surface area contributed by atoms with Gasteiger partial charge in [0, 0.05) is 19.6 Å². The second kappa shape index (κ2) is 7.14. The molecule has 0 aliphatic heterocycles. The molecule has 0 amide bonds. The van der Waals surface area contributed by atoms with Gasteiger partial charge in [0.15, 0.2) is 0 Å². The minimum absolute atomic E-state index is 0.115. The van der Waals surface area contributed by atoms with E-state index >= 15 is 0 Å². The van der Waals surface area contributed by atoms with Crippen LogP contribution in [0.2, 0.25) is 0 Å². The quantitative estimate of drug-likeness (QED) is 0.577. The number of rotatable bonds is 8. The number of hydrogen-bond acceptors (Lipinski definition) is 5. The van der Waals surface area contributed by atoms with Crippen LogP contribution in [0.1, 0.15) is 33.6 Å². The van der Waals surface area contributed by atoms with Gasteiger partial charge < -0.3 is 19.7 Å². The highest BCUT2D eigenvalue weighted by Gasteiger charge is 2.28. The van der Waals surface area contributed by atoms with Crippen molar-refractivity contribution in [1.29, 1.82) is 0 Å². The van der Waals surface area contributed by atoms with E-state index in [0.29, 0.717) is 19.6 Å². The smallest absolute Gasteiger partial charge is 0.281 e. The van der Waals surface area contributed by atoms with Crippen molar-refractivity contribution in [2.45, 2.75) is 46.1 Å². The van der Waals surface area contributed by atoms with Crippen LogP contribution >= 0.6 is 0 Å². The Kier molecular flexibility index (Phi) is 7.04. The summed E-state index contributed by atoms with van der Waals surface area (Å²) in [6.07, 6.45) is 0.710. The third-order valence-corrected chi connectivity index (χ3v) is 1.47. The van der Waals surface area contributed by atoms with Crippen LogP contribution in [0, 0.1) is 0 Å². The molecule has 0 atom stereocenters. The number of aliphatic hydroxyl groups is 2. The van der Waals surface area contributed by atoms with Crippen molar-refractivity contribution < 1.29 is 24.4 Å². The summed E-state index contributed by atoms with van der Waals surface area (Å²) in [6.45, 7) is 5.10. The molecule has 0 radical (unpaired) electrons. The highest BCUT2D eigenvalue weighted by atomic mass is 16.9. The van der Waals surface area contributed by atoms with Gasteiger partial charge in [-0.1, -0.05) is 6.92 Å². The van der Waals surface area contributed by atoms with E-state index in [0.717, 1.165) is 0 Å². The Bertz CT molecular complexity index is 131. The lowest BCUT2D eigenvalue weighted by Gasteiger charge is -2.26. The van der Waals surface area contributed by atoms with Gasteiger partial charge in [-0.2, -0.15) is 0 Å². The molecular weight excluding hydrogens is 188 g/mol. The highest BCUT2D eigenvalue weighted by Crippen LogP contribution is 2.14. The van der Waals surface area contributed by atoms with Gasteiger partial charge in [0.25, 0.3) is 12.4 Å². The van der Waals surface area contributed by atoms with Crippen molar-refractivity contribution in [2.75, 3.05) is 13.2 Å². The van der Waals surface area contributed by atoms with Crippen LogP contribution in [-0.4, -0.2) is 35.9 Å². The Morgan fingerprint density at radius 3 is 1.93 bits per heavy atom. The Morgan fingerprint density at radius 2 is 1.57 bits per heavy atom. The molecular formula is C9H20O5. The maximum atomic E-state index is 9.31. The fraction of sp³-hybridized carbons (Fsp3) is 1.00. The van der Waals surface area contributed by atoms with Crippen LogP contribution in [0.4, 0.5) is 0 Å². The molecule has 2 N–H and O–H groups in total. The summed E-state index contributed by atoms with van der Waals surface area (Å²) in [5.74, 6) is -2.18. The van der Waals surface area contributed by atoms with Crippen LogP contribution in [0.25, 0.3) is 0 Å². The lowest BCUT2D eigenvalue weighted by Crippen LogP contribution is -2.38. The molecule has 5 nitrogen and oxygen atoms in total. The van der Waals surface area contributed by atoms with E-state index in [1.807, 2.05) is 6.92 Å². The zero-order valence-corrected chi connectivity index (χ0v) is 9.02. The molecule has 0 saturated heterocycles. The maximum absolute atomic E-state index is 9.31. The predicted octanol–water partition coefficient (Wildman–Crippen LogP) is 0.798. The third-order valence-electron chi connectivity index (χ3n) is 1.47. The highest BCUT2D eigenvalue weighted by molar-refractivity contribution is 4.48. The molecule has 0 rings (SSSR count). The minimum atomic E-state index is -2.18. The molecule has 0 heterocycles. The fourth-order valence-electron chi connectivity index (χ4n) is 0.927. The Balaban J connectivity index is 3.98. The van der Waals surface area contributed by atoms with Crippen molar-refractivity contribution >= 4 is 0 Å². The first-order valence-electron chi connectivity index (χ1n) is 4.91. The normalized spacial score (nSPS) is 12.4. The Hall–Kier alpha value is -0.200. The molecule has 0 unspecified atom stereocenters. The largest absolute Gasteiger partial charge is 0.343 e. The van der Waals surface area contributed by atoms with Gasteiger partial charge in [0.05, 0.1) is 0 Å². The molecule has 0 aliphatic rings. The minimum Gasteiger partial charge on any atom is -0.343 e. The lowest BCUT2D eigenvalue weighted by molar-refractivity contribution is -0.436. The van der Waals surface area contributed by atoms with Gasteiger partial charge in [-0.3, -0.25) is 4.74 Å². The number of hydrogen-bond donors (Lipinski definition) is 2. The summed E-state index contributed by atoms with van der Waals surface area (Å²) in [4.78, 5) is 0. The summed E-state index contributed by atoms with van der Waals surface area (Å²) in [5, 5.41) is 18.6. The Labute approximate surface area is 84.6 Å². The zero-order valence-electron chi connectivity index (χ0n) is 9.02. The molecule has 86 valence electrons. The molecule has 0 bridgehead atoms. The van der Waals surface area contributed by atoms with Gasteiger partial charge in [-0.25, -0.2) is 0 Å². The van der Waals surface area contributed by atoms with Crippen LogP contribution in [-0.2, 0) is 14.2 Å². The summed E-state index contributed by atoms with van der Waals surface area (Å²) in [6, 6.07) is 0. The van der Waals surface area contributed by atoms with Gasteiger partial charge in [0.2, 0.25) is 0 Å². The van der Waals surface area contributed by atoms with Gasteiger partial charge in [-0.15, -0.1) is 0 Å². The van der Waals surface area contributed by atoms with Crippen LogP contribution in [0.15, 0.2) is 0 Å². The monoisotopic (exact) mass is 208 g/mol. The van der Waals surface area contributed by atoms with Crippen molar-refractivity contribution in [3.63, 3.8) is 0 Å². The second-order valence-corrected chi connectivity index (χ2v) is 2.81. The molecule has 0 aromatic carbocycles. The van der Waals surface area contributed by atoms with E-state index < -0.39 is 12.4 Å². The van der Waals surface area contributed by atoms with Gasteiger partial charge >= 0.3 is 0 Å². The first-order chi connectivity index (χ1) is 6.55. The van der Waals surface area contributed by atoms with Gasteiger partial charge in [0.1, 0.15) is 0 Å². The molecule has 0 saturated carbocycles. The molecule has 0 spiro atoms. The molecule has 0 aromatic rings. The first kappa shape index (κ1) is 13.8. The molecule has 0 aliphatic carbocycles. The summed E-state index contributed by atoms with van der Waals surface area (Å²) in [5.41, 5.74) is 0. The third kappa shape index (κ3) is 6.28. The van der Waals surface area contributed by atoms with E-state index in [1.54, 1.807) is 13.8 Å². The van der Waals surface area contributed by atoms with Crippen molar-refractivity contribution in [3.05, 3.63) is 0 Å². The van der Waals surface area contributed by atoms with Gasteiger partial charge in [-0.05, 0) is 20.3 Å². The predicted molar refractivity (Wildman–Crippen MR) is 50.2 cm³/mol. The molecule has 0 aromatic heterocycles. The summed E-state index contributed by atoms with van der Waals surface area (Å²) in [7, 11) is 0. The fourth-order valence-corrected chi connectivity index (χ4v) is 0.927. The van der Waals surface area contributed by atoms with Crippen LogP contribution in [0.3, 0.4) is 0 Å². The van der Waals surface area contributed by atoms with E-state index in [1.165, 1.54) is 0 Å². The van der Waals surface area contributed by atoms with E-state index in [4.69, 9.17) is 14.2 Å². The second-order valence-electron chi connectivity index (χ2n) is 2.81. The zero-order chi connectivity index (χ0) is 11.0. The topological polar surface area (TPSA) is 68.2 Å². The van der Waals surface area contributed by atoms with E-state index in [9.17, 15) is 10.2 Å². The molecule has 0 fully saturated rings. The summed E-state index contributed by atoms with van der Waals surface area (Å²) >= 11 is 0. The van der Waals surface area contributed by atoms with Crippen molar-refractivity contribution in [2.24, 2.45) is 0 Å².